The maximum atomic E-state index is 11.9. The average Bonchev–Trinajstić information content (AvgIpc) is 2.81. The number of hydrogen-bond donors (Lipinski definition) is 2. The zero-order valence-electron chi connectivity index (χ0n) is 18.1. The van der Waals surface area contributed by atoms with Gasteiger partial charge in [0.05, 0.1) is 22.7 Å². The summed E-state index contributed by atoms with van der Waals surface area (Å²) < 4.78 is 66.5. The lowest BCUT2D eigenvalue weighted by Gasteiger charge is -2.08. The maximum absolute atomic E-state index is 11.9. The molecule has 0 atom stereocenters. The lowest BCUT2D eigenvalue weighted by Crippen LogP contribution is -2.03. The fourth-order valence-electron chi connectivity index (χ4n) is 3.23. The minimum absolute atomic E-state index is 0.0515. The number of hydrogen-bond acceptors (Lipinski definition) is 8. The van der Waals surface area contributed by atoms with Crippen molar-refractivity contribution in [3.63, 3.8) is 0 Å². The van der Waals surface area contributed by atoms with E-state index in [1.165, 1.54) is 18.2 Å². The molecule has 4 aromatic carbocycles. The molecule has 0 heterocycles. The topological polar surface area (TPSA) is 158 Å². The van der Waals surface area contributed by atoms with E-state index < -0.39 is 30.0 Å². The van der Waals surface area contributed by atoms with Gasteiger partial charge in [-0.1, -0.05) is 29.8 Å². The Morgan fingerprint density at radius 3 is 1.49 bits per heavy atom. The number of nitrogens with zero attached hydrogens (tertiary/aromatic N) is 4. The summed E-state index contributed by atoms with van der Waals surface area (Å²) in [6, 6.07) is 20.1. The van der Waals surface area contributed by atoms with Gasteiger partial charge >= 0.3 is 0 Å². The van der Waals surface area contributed by atoms with Crippen LogP contribution in [0.25, 0.3) is 10.8 Å². The third-order valence-corrected chi connectivity index (χ3v) is 6.71. The van der Waals surface area contributed by atoms with Gasteiger partial charge < -0.3 is 0 Å². The first-order chi connectivity index (χ1) is 16.5. The van der Waals surface area contributed by atoms with Crippen molar-refractivity contribution in [1.29, 1.82) is 0 Å². The van der Waals surface area contributed by atoms with Crippen LogP contribution < -0.4 is 0 Å². The quantitative estimate of drug-likeness (QED) is 0.223. The van der Waals surface area contributed by atoms with E-state index in [1.807, 2.05) is 31.2 Å². The molecule has 0 unspecified atom stereocenters. The Morgan fingerprint density at radius 2 is 1.00 bits per heavy atom. The predicted octanol–water partition coefficient (Wildman–Crippen LogP) is 6.47. The molecule has 0 aromatic heterocycles. The monoisotopic (exact) mass is 510 g/mol. The van der Waals surface area contributed by atoms with E-state index in [0.717, 1.165) is 17.7 Å². The Morgan fingerprint density at radius 1 is 0.543 bits per heavy atom. The van der Waals surface area contributed by atoms with Gasteiger partial charge in [-0.25, -0.2) is 0 Å². The smallest absolute Gasteiger partial charge is 0.282 e. The molecule has 35 heavy (non-hydrogen) atoms. The number of rotatable bonds is 6. The van der Waals surface area contributed by atoms with Gasteiger partial charge in [0.25, 0.3) is 20.2 Å². The largest absolute Gasteiger partial charge is 0.295 e. The van der Waals surface area contributed by atoms with Crippen LogP contribution in [0.1, 0.15) is 5.56 Å². The molecule has 0 spiro atoms. The van der Waals surface area contributed by atoms with Crippen molar-refractivity contribution < 1.29 is 25.9 Å². The Balaban J connectivity index is 1.66. The van der Waals surface area contributed by atoms with Crippen LogP contribution in [0.15, 0.2) is 109 Å². The lowest BCUT2D eigenvalue weighted by atomic mass is 10.1. The van der Waals surface area contributed by atoms with Gasteiger partial charge in [0, 0.05) is 10.8 Å². The highest BCUT2D eigenvalue weighted by molar-refractivity contribution is 7.86. The van der Waals surface area contributed by atoms with Crippen LogP contribution in [-0.4, -0.2) is 25.9 Å². The summed E-state index contributed by atoms with van der Waals surface area (Å²) in [5.41, 5.74) is 2.74. The van der Waals surface area contributed by atoms with Gasteiger partial charge in [-0.15, -0.1) is 0 Å². The standard InChI is InChI=1S/C23H18N4O6S2/c1-15-5-7-16(8-6-15)24-25-17-9-11-18(12-10-17)26-27-19-13-21-20(23(14-19)35(31,32)33)3-2-4-22(21)34(28,29)30/h2-14H,1H3,(H,28,29,30)(H,31,32,33). The second kappa shape index (κ2) is 9.43. The van der Waals surface area contributed by atoms with Gasteiger partial charge in [0.2, 0.25) is 0 Å². The Labute approximate surface area is 201 Å². The van der Waals surface area contributed by atoms with E-state index in [-0.39, 0.29) is 16.5 Å². The zero-order chi connectivity index (χ0) is 25.2. The predicted molar refractivity (Wildman–Crippen MR) is 130 cm³/mol. The molecule has 2 N–H and O–H groups in total. The first-order valence-electron chi connectivity index (χ1n) is 10.0. The molecule has 0 aliphatic rings. The van der Waals surface area contributed by atoms with Crippen molar-refractivity contribution in [1.82, 2.24) is 0 Å². The summed E-state index contributed by atoms with van der Waals surface area (Å²) in [5.74, 6) is 0. The van der Waals surface area contributed by atoms with Gasteiger partial charge in [0.1, 0.15) is 9.79 Å². The molecule has 12 heteroatoms. The molecule has 0 amide bonds. The summed E-state index contributed by atoms with van der Waals surface area (Å²) in [7, 11) is -9.41. The lowest BCUT2D eigenvalue weighted by molar-refractivity contribution is 0.481. The summed E-state index contributed by atoms with van der Waals surface area (Å²) in [5, 5.41) is 16.1. The van der Waals surface area contributed by atoms with Crippen LogP contribution in [0, 0.1) is 6.92 Å². The molecule has 0 aliphatic heterocycles. The molecular formula is C23H18N4O6S2. The van der Waals surface area contributed by atoms with Crippen LogP contribution in [0.3, 0.4) is 0 Å². The molecule has 4 rings (SSSR count). The van der Waals surface area contributed by atoms with E-state index in [4.69, 9.17) is 0 Å². The second-order valence-electron chi connectivity index (χ2n) is 7.50. The fraction of sp³-hybridized carbons (Fsp3) is 0.0435. The van der Waals surface area contributed by atoms with Crippen LogP contribution in [0.4, 0.5) is 22.7 Å². The number of benzene rings is 4. The average molecular weight is 511 g/mol. The fourth-order valence-corrected chi connectivity index (χ4v) is 4.66. The Bertz CT molecular complexity index is 1680. The van der Waals surface area contributed by atoms with E-state index in [2.05, 4.69) is 20.5 Å². The zero-order valence-corrected chi connectivity index (χ0v) is 19.8. The van der Waals surface area contributed by atoms with E-state index in [0.29, 0.717) is 17.1 Å². The Kier molecular flexibility index (Phi) is 6.54. The third kappa shape index (κ3) is 5.81. The van der Waals surface area contributed by atoms with Gasteiger partial charge in [-0.2, -0.15) is 37.3 Å². The second-order valence-corrected chi connectivity index (χ2v) is 10.3. The van der Waals surface area contributed by atoms with Crippen molar-refractivity contribution in [2.45, 2.75) is 16.7 Å². The molecule has 10 nitrogen and oxygen atoms in total. The molecule has 0 saturated heterocycles. The van der Waals surface area contributed by atoms with Crippen LogP contribution >= 0.6 is 0 Å². The van der Waals surface area contributed by atoms with Gasteiger partial charge in [0.15, 0.2) is 0 Å². The van der Waals surface area contributed by atoms with E-state index in [1.54, 1.807) is 24.3 Å². The third-order valence-electron chi connectivity index (χ3n) is 4.90. The first kappa shape index (κ1) is 24.3. The molecule has 178 valence electrons. The summed E-state index contributed by atoms with van der Waals surface area (Å²) in [4.78, 5) is -1.10. The number of fused-ring (bicyclic) bond motifs is 1. The number of aryl methyl sites for hydroxylation is 1. The molecule has 0 fully saturated rings. The Hall–Kier alpha value is -3.84. The molecule has 4 aromatic rings. The summed E-state index contributed by atoms with van der Waals surface area (Å²) >= 11 is 0. The first-order valence-corrected chi connectivity index (χ1v) is 12.9. The minimum Gasteiger partial charge on any atom is -0.282 e. The SMILES string of the molecule is Cc1ccc(N=Nc2ccc(N=Nc3cc(S(=O)(=O)O)c4cccc(S(=O)(=O)O)c4c3)cc2)cc1. The molecule has 0 aliphatic carbocycles. The van der Waals surface area contributed by atoms with Crippen LogP contribution in [0.5, 0.6) is 0 Å². The van der Waals surface area contributed by atoms with Gasteiger partial charge in [-0.3, -0.25) is 9.11 Å². The van der Waals surface area contributed by atoms with Crippen molar-refractivity contribution in [3.8, 4) is 0 Å². The maximum Gasteiger partial charge on any atom is 0.295 e. The van der Waals surface area contributed by atoms with Crippen molar-refractivity contribution in [3.05, 3.63) is 84.4 Å². The van der Waals surface area contributed by atoms with Gasteiger partial charge in [-0.05, 0) is 61.5 Å². The van der Waals surface area contributed by atoms with Crippen LogP contribution in [0.2, 0.25) is 0 Å². The molecule has 0 saturated carbocycles. The normalized spacial score (nSPS) is 12.7. The van der Waals surface area contributed by atoms with E-state index in [9.17, 15) is 25.9 Å². The molecule has 0 radical (unpaired) electrons. The highest BCUT2D eigenvalue weighted by atomic mass is 32.2. The van der Waals surface area contributed by atoms with E-state index >= 15 is 0 Å². The molecular weight excluding hydrogens is 492 g/mol. The molecule has 0 bridgehead atoms. The summed E-state index contributed by atoms with van der Waals surface area (Å²) in [6.07, 6.45) is 0. The highest BCUT2D eigenvalue weighted by Gasteiger charge is 2.21. The van der Waals surface area contributed by atoms with Crippen molar-refractivity contribution in [2.75, 3.05) is 0 Å². The van der Waals surface area contributed by atoms with Crippen molar-refractivity contribution in [2.24, 2.45) is 20.5 Å². The number of azo groups is 2. The van der Waals surface area contributed by atoms with Crippen molar-refractivity contribution >= 4 is 53.8 Å². The highest BCUT2D eigenvalue weighted by Crippen LogP contribution is 2.34. The van der Waals surface area contributed by atoms with Crippen LogP contribution in [-0.2, 0) is 20.2 Å². The summed E-state index contributed by atoms with van der Waals surface area (Å²) in [6.45, 7) is 1.98. The minimum atomic E-state index is -4.74.